The van der Waals surface area contributed by atoms with Crippen LogP contribution in [0.25, 0.3) is 0 Å². The van der Waals surface area contributed by atoms with E-state index in [1.54, 1.807) is 23.7 Å². The summed E-state index contributed by atoms with van der Waals surface area (Å²) in [6.07, 6.45) is 7.69. The Bertz CT molecular complexity index is 653. The highest BCUT2D eigenvalue weighted by atomic mass is 32.1. The Hall–Kier alpha value is -1.75. The van der Waals surface area contributed by atoms with Crippen molar-refractivity contribution >= 4 is 17.2 Å². The van der Waals surface area contributed by atoms with Crippen LogP contribution in [0, 0.1) is 6.92 Å². The smallest absolute Gasteiger partial charge is 0.266 e. The van der Waals surface area contributed by atoms with Gasteiger partial charge < -0.3 is 4.90 Å². The molecule has 2 aromatic heterocycles. The maximum absolute atomic E-state index is 12.9. The summed E-state index contributed by atoms with van der Waals surface area (Å²) < 4.78 is 0. The topological polar surface area (TPSA) is 46.1 Å². The highest BCUT2D eigenvalue weighted by Gasteiger charge is 2.32. The van der Waals surface area contributed by atoms with Crippen LogP contribution in [0.1, 0.15) is 58.2 Å². The van der Waals surface area contributed by atoms with Crippen LogP contribution in [-0.2, 0) is 6.42 Å². The zero-order chi connectivity index (χ0) is 15.5. The van der Waals surface area contributed by atoms with Crippen molar-refractivity contribution in [3.63, 3.8) is 0 Å². The average molecular weight is 315 g/mol. The normalized spacial score (nSPS) is 17.9. The number of aromatic nitrogens is 2. The lowest BCUT2D eigenvalue weighted by Gasteiger charge is -2.24. The molecule has 3 rings (SSSR count). The molecule has 0 saturated carbocycles. The number of carbonyl (C=O) groups is 1. The fraction of sp³-hybridized carbons (Fsp3) is 0.471. The molecule has 0 radical (unpaired) electrons. The Morgan fingerprint density at radius 2 is 2.18 bits per heavy atom. The van der Waals surface area contributed by atoms with Gasteiger partial charge in [-0.3, -0.25) is 9.78 Å². The van der Waals surface area contributed by atoms with Crippen molar-refractivity contribution in [3.8, 4) is 0 Å². The second kappa shape index (κ2) is 6.57. The van der Waals surface area contributed by atoms with Gasteiger partial charge in [0.25, 0.3) is 5.91 Å². The molecule has 1 aliphatic rings. The van der Waals surface area contributed by atoms with Crippen LogP contribution < -0.4 is 0 Å². The van der Waals surface area contributed by atoms with Gasteiger partial charge >= 0.3 is 0 Å². The molecule has 0 N–H and O–H groups in total. The summed E-state index contributed by atoms with van der Waals surface area (Å²) in [6.45, 7) is 4.91. The van der Waals surface area contributed by atoms with Crippen LogP contribution in [0.4, 0.5) is 0 Å². The predicted molar refractivity (Wildman–Crippen MR) is 88.1 cm³/mol. The zero-order valence-electron chi connectivity index (χ0n) is 13.1. The number of nitrogens with zero attached hydrogens (tertiary/aromatic N) is 3. The van der Waals surface area contributed by atoms with Crippen LogP contribution in [0.3, 0.4) is 0 Å². The number of pyridine rings is 1. The van der Waals surface area contributed by atoms with Crippen molar-refractivity contribution in [3.05, 3.63) is 45.7 Å². The number of thiazole rings is 1. The Balaban J connectivity index is 1.85. The molecule has 116 valence electrons. The number of aryl methyl sites for hydroxylation is 2. The first-order valence-corrected chi connectivity index (χ1v) is 8.69. The molecule has 22 heavy (non-hydrogen) atoms. The summed E-state index contributed by atoms with van der Waals surface area (Å²) in [7, 11) is 0. The molecule has 1 fully saturated rings. The molecule has 1 amide bonds. The van der Waals surface area contributed by atoms with E-state index in [1.807, 2.05) is 24.0 Å². The van der Waals surface area contributed by atoms with Crippen molar-refractivity contribution in [1.82, 2.24) is 14.9 Å². The standard InChI is InChI=1S/C17H21N3OS/c1-3-5-15-19-12(2)16(22-15)17(21)20-11-4-6-14(20)13-7-9-18-10-8-13/h7-10,14H,3-6,11H2,1-2H3/t14-/m1/s1. The van der Waals surface area contributed by atoms with Gasteiger partial charge in [0.05, 0.1) is 16.7 Å². The molecule has 0 aromatic carbocycles. The first-order valence-electron chi connectivity index (χ1n) is 7.88. The summed E-state index contributed by atoms with van der Waals surface area (Å²) in [6, 6.07) is 4.20. The molecule has 5 heteroatoms. The number of hydrogen-bond donors (Lipinski definition) is 0. The molecule has 0 aliphatic carbocycles. The monoisotopic (exact) mass is 315 g/mol. The second-order valence-electron chi connectivity index (χ2n) is 5.71. The van der Waals surface area contributed by atoms with Crippen LogP contribution in [0.5, 0.6) is 0 Å². The lowest BCUT2D eigenvalue weighted by atomic mass is 10.1. The van der Waals surface area contributed by atoms with Crippen molar-refractivity contribution in [1.29, 1.82) is 0 Å². The zero-order valence-corrected chi connectivity index (χ0v) is 13.9. The molecule has 1 saturated heterocycles. The second-order valence-corrected chi connectivity index (χ2v) is 6.79. The highest BCUT2D eigenvalue weighted by molar-refractivity contribution is 7.13. The number of amides is 1. The van der Waals surface area contributed by atoms with E-state index in [0.717, 1.165) is 47.8 Å². The van der Waals surface area contributed by atoms with Crippen molar-refractivity contribution < 1.29 is 4.79 Å². The third-order valence-corrected chi connectivity index (χ3v) is 5.31. The maximum Gasteiger partial charge on any atom is 0.266 e. The summed E-state index contributed by atoms with van der Waals surface area (Å²) in [5.74, 6) is 0.136. The van der Waals surface area contributed by atoms with E-state index in [-0.39, 0.29) is 11.9 Å². The molecule has 0 spiro atoms. The molecular weight excluding hydrogens is 294 g/mol. The number of carbonyl (C=O) groups excluding carboxylic acids is 1. The van der Waals surface area contributed by atoms with Crippen LogP contribution in [-0.4, -0.2) is 27.3 Å². The quantitative estimate of drug-likeness (QED) is 0.862. The van der Waals surface area contributed by atoms with E-state index < -0.39 is 0 Å². The number of hydrogen-bond acceptors (Lipinski definition) is 4. The molecular formula is C17H21N3OS. The predicted octanol–water partition coefficient (Wildman–Crippen LogP) is 3.78. The lowest BCUT2D eigenvalue weighted by Crippen LogP contribution is -2.30. The molecule has 1 aliphatic heterocycles. The molecule has 4 nitrogen and oxygen atoms in total. The van der Waals surface area contributed by atoms with E-state index in [0.29, 0.717) is 0 Å². The van der Waals surface area contributed by atoms with Gasteiger partial charge in [-0.1, -0.05) is 6.92 Å². The van der Waals surface area contributed by atoms with E-state index in [2.05, 4.69) is 16.9 Å². The highest BCUT2D eigenvalue weighted by Crippen LogP contribution is 2.34. The van der Waals surface area contributed by atoms with Crippen LogP contribution >= 0.6 is 11.3 Å². The van der Waals surface area contributed by atoms with Crippen molar-refractivity contribution in [2.24, 2.45) is 0 Å². The van der Waals surface area contributed by atoms with Gasteiger partial charge in [-0.2, -0.15) is 0 Å². The van der Waals surface area contributed by atoms with Gasteiger partial charge in [-0.25, -0.2) is 4.98 Å². The molecule has 3 heterocycles. The van der Waals surface area contributed by atoms with Crippen molar-refractivity contribution in [2.45, 2.75) is 45.6 Å². The summed E-state index contributed by atoms with van der Waals surface area (Å²) >= 11 is 1.56. The summed E-state index contributed by atoms with van der Waals surface area (Å²) in [4.78, 5) is 24.4. The van der Waals surface area contributed by atoms with Gasteiger partial charge in [0.15, 0.2) is 0 Å². The minimum Gasteiger partial charge on any atom is -0.331 e. The van der Waals surface area contributed by atoms with E-state index in [9.17, 15) is 4.79 Å². The molecule has 1 atom stereocenters. The number of likely N-dealkylation sites (tertiary alicyclic amines) is 1. The summed E-state index contributed by atoms with van der Waals surface area (Å²) in [5, 5.41) is 1.07. The van der Waals surface area contributed by atoms with Gasteiger partial charge in [-0.05, 0) is 50.3 Å². The summed E-state index contributed by atoms with van der Waals surface area (Å²) in [5.41, 5.74) is 2.05. The Morgan fingerprint density at radius 1 is 1.41 bits per heavy atom. The third kappa shape index (κ3) is 2.90. The van der Waals surface area contributed by atoms with Gasteiger partial charge in [0.2, 0.25) is 0 Å². The van der Waals surface area contributed by atoms with Gasteiger partial charge in [0.1, 0.15) is 4.88 Å². The Morgan fingerprint density at radius 3 is 2.91 bits per heavy atom. The average Bonchev–Trinajstić information content (AvgIpc) is 3.15. The fourth-order valence-corrected chi connectivity index (χ4v) is 4.17. The maximum atomic E-state index is 12.9. The van der Waals surface area contributed by atoms with Crippen LogP contribution in [0.15, 0.2) is 24.5 Å². The SMILES string of the molecule is CCCc1nc(C)c(C(=O)N2CCC[C@@H]2c2ccncc2)s1. The lowest BCUT2D eigenvalue weighted by molar-refractivity contribution is 0.0739. The molecule has 0 unspecified atom stereocenters. The number of rotatable bonds is 4. The Kier molecular flexibility index (Phi) is 4.52. The van der Waals surface area contributed by atoms with E-state index >= 15 is 0 Å². The van der Waals surface area contributed by atoms with E-state index in [1.165, 1.54) is 5.56 Å². The first kappa shape index (κ1) is 15.2. The minimum absolute atomic E-state index is 0.136. The van der Waals surface area contributed by atoms with Crippen molar-refractivity contribution in [2.75, 3.05) is 6.54 Å². The van der Waals surface area contributed by atoms with E-state index in [4.69, 9.17) is 0 Å². The largest absolute Gasteiger partial charge is 0.331 e. The fourth-order valence-electron chi connectivity index (χ4n) is 3.04. The molecule has 2 aromatic rings. The van der Waals surface area contributed by atoms with Gasteiger partial charge in [-0.15, -0.1) is 11.3 Å². The molecule has 0 bridgehead atoms. The Labute approximate surface area is 135 Å². The van der Waals surface area contributed by atoms with Crippen LogP contribution in [0.2, 0.25) is 0 Å². The third-order valence-electron chi connectivity index (χ3n) is 4.10. The minimum atomic E-state index is 0.136. The first-order chi connectivity index (χ1) is 10.7. The van der Waals surface area contributed by atoms with Gasteiger partial charge in [0, 0.05) is 18.9 Å².